The summed E-state index contributed by atoms with van der Waals surface area (Å²) in [4.78, 5) is 21.2. The molecule has 2 aromatic heterocycles. The molecule has 176 valence electrons. The van der Waals surface area contributed by atoms with Gasteiger partial charge in [0.25, 0.3) is 5.91 Å². The minimum Gasteiger partial charge on any atom is -0.467 e. The molecule has 0 saturated carbocycles. The van der Waals surface area contributed by atoms with Gasteiger partial charge in [-0.3, -0.25) is 9.69 Å². The summed E-state index contributed by atoms with van der Waals surface area (Å²) in [6.07, 6.45) is 5.31. The first-order chi connectivity index (χ1) is 16.5. The monoisotopic (exact) mass is 513 g/mol. The third kappa shape index (κ3) is 4.38. The van der Waals surface area contributed by atoms with Crippen molar-refractivity contribution in [2.75, 3.05) is 24.2 Å². The molecule has 5 rings (SSSR count). The van der Waals surface area contributed by atoms with Crippen LogP contribution < -0.4 is 4.90 Å². The SMILES string of the molecule is CSc1cccc2sc(N(Cc3ccco3)C(=O)c3ccc(S(=O)(=O)N4CCCC4)cc3)nc12. The Hall–Kier alpha value is -2.66. The van der Waals surface area contributed by atoms with Crippen molar-refractivity contribution < 1.29 is 17.6 Å². The molecule has 3 heterocycles. The second-order valence-electron chi connectivity index (χ2n) is 7.91. The summed E-state index contributed by atoms with van der Waals surface area (Å²) in [6.45, 7) is 1.29. The number of amides is 1. The van der Waals surface area contributed by atoms with Gasteiger partial charge in [-0.1, -0.05) is 17.4 Å². The Morgan fingerprint density at radius 2 is 1.88 bits per heavy atom. The number of hydrogen-bond donors (Lipinski definition) is 0. The highest BCUT2D eigenvalue weighted by Gasteiger charge is 2.28. The van der Waals surface area contributed by atoms with Gasteiger partial charge in [-0.15, -0.1) is 11.8 Å². The number of sulfonamides is 1. The first kappa shape index (κ1) is 23.1. The molecule has 0 atom stereocenters. The molecular formula is C24H23N3O4S3. The molecule has 10 heteroatoms. The van der Waals surface area contributed by atoms with Crippen LogP contribution in [0.1, 0.15) is 29.0 Å². The van der Waals surface area contributed by atoms with Crippen LogP contribution in [0.3, 0.4) is 0 Å². The van der Waals surface area contributed by atoms with E-state index < -0.39 is 10.0 Å². The van der Waals surface area contributed by atoms with Crippen LogP contribution in [0.5, 0.6) is 0 Å². The number of benzene rings is 2. The summed E-state index contributed by atoms with van der Waals surface area (Å²) < 4.78 is 33.7. The van der Waals surface area contributed by atoms with Gasteiger partial charge in [0.2, 0.25) is 10.0 Å². The molecule has 1 aliphatic heterocycles. The summed E-state index contributed by atoms with van der Waals surface area (Å²) in [5, 5.41) is 0.562. The van der Waals surface area contributed by atoms with E-state index in [4.69, 9.17) is 9.40 Å². The molecule has 0 bridgehead atoms. The van der Waals surface area contributed by atoms with Crippen LogP contribution in [0.25, 0.3) is 10.2 Å². The average Bonchev–Trinajstić information content (AvgIpc) is 3.63. The van der Waals surface area contributed by atoms with Gasteiger partial charge in [0, 0.05) is 23.5 Å². The van der Waals surface area contributed by atoms with Gasteiger partial charge in [-0.05, 0) is 67.6 Å². The molecule has 0 radical (unpaired) electrons. The lowest BCUT2D eigenvalue weighted by molar-refractivity contribution is 0.0983. The maximum atomic E-state index is 13.6. The van der Waals surface area contributed by atoms with Crippen LogP contribution in [0.2, 0.25) is 0 Å². The Kier molecular flexibility index (Phi) is 6.48. The van der Waals surface area contributed by atoms with E-state index in [0.29, 0.717) is 29.5 Å². The van der Waals surface area contributed by atoms with E-state index >= 15 is 0 Å². The zero-order valence-electron chi connectivity index (χ0n) is 18.5. The van der Waals surface area contributed by atoms with Crippen LogP contribution in [0.15, 0.2) is 75.1 Å². The van der Waals surface area contributed by atoms with E-state index in [9.17, 15) is 13.2 Å². The number of fused-ring (bicyclic) bond motifs is 1. The molecule has 4 aromatic rings. The van der Waals surface area contributed by atoms with Gasteiger partial charge in [-0.25, -0.2) is 13.4 Å². The van der Waals surface area contributed by atoms with Crippen molar-refractivity contribution in [3.63, 3.8) is 0 Å². The van der Waals surface area contributed by atoms with Crippen LogP contribution in [-0.2, 0) is 16.6 Å². The number of rotatable bonds is 7. The highest BCUT2D eigenvalue weighted by Crippen LogP contribution is 2.35. The van der Waals surface area contributed by atoms with Crippen molar-refractivity contribution in [1.82, 2.24) is 9.29 Å². The molecule has 0 spiro atoms. The fourth-order valence-electron chi connectivity index (χ4n) is 3.98. The second kappa shape index (κ2) is 9.53. The van der Waals surface area contributed by atoms with Crippen LogP contribution in [0, 0.1) is 0 Å². The summed E-state index contributed by atoms with van der Waals surface area (Å²) in [5.74, 6) is 0.359. The highest BCUT2D eigenvalue weighted by atomic mass is 32.2. The Balaban J connectivity index is 1.49. The van der Waals surface area contributed by atoms with Gasteiger partial charge >= 0.3 is 0 Å². The lowest BCUT2D eigenvalue weighted by Gasteiger charge is -2.19. The number of hydrogen-bond acceptors (Lipinski definition) is 7. The third-order valence-corrected chi connectivity index (χ3v) is 9.49. The zero-order valence-corrected chi connectivity index (χ0v) is 21.0. The smallest absolute Gasteiger partial charge is 0.260 e. The Bertz CT molecular complexity index is 1410. The van der Waals surface area contributed by atoms with Crippen molar-refractivity contribution in [2.45, 2.75) is 29.2 Å². The number of carbonyl (C=O) groups excluding carboxylic acids is 1. The van der Waals surface area contributed by atoms with E-state index in [2.05, 4.69) is 0 Å². The first-order valence-electron chi connectivity index (χ1n) is 10.9. The number of aromatic nitrogens is 1. The highest BCUT2D eigenvalue weighted by molar-refractivity contribution is 7.98. The predicted octanol–water partition coefficient (Wildman–Crippen LogP) is 5.24. The summed E-state index contributed by atoms with van der Waals surface area (Å²) in [5.41, 5.74) is 1.25. The number of anilines is 1. The average molecular weight is 514 g/mol. The van der Waals surface area contributed by atoms with Crippen molar-refractivity contribution >= 4 is 54.4 Å². The number of thiazole rings is 1. The molecular weight excluding hydrogens is 490 g/mol. The largest absolute Gasteiger partial charge is 0.467 e. The predicted molar refractivity (Wildman–Crippen MR) is 135 cm³/mol. The third-order valence-electron chi connectivity index (χ3n) is 5.76. The van der Waals surface area contributed by atoms with E-state index in [0.717, 1.165) is 28.0 Å². The standard InChI is InChI=1S/C24H23N3O4S3/c1-32-20-7-4-8-21-22(20)25-24(33-21)27(16-18-6-5-15-31-18)23(28)17-9-11-19(12-10-17)34(29,30)26-13-2-3-14-26/h4-12,15H,2-3,13-14,16H2,1H3. The van der Waals surface area contributed by atoms with Crippen LogP contribution >= 0.6 is 23.1 Å². The van der Waals surface area contributed by atoms with E-state index in [1.54, 1.807) is 41.1 Å². The van der Waals surface area contributed by atoms with Crippen molar-refractivity contribution in [2.24, 2.45) is 0 Å². The molecule has 1 fully saturated rings. The fraction of sp³-hybridized carbons (Fsp3) is 0.250. The Labute approximate surface area is 206 Å². The second-order valence-corrected chi connectivity index (χ2v) is 11.7. The number of thioether (sulfide) groups is 1. The number of furan rings is 1. The summed E-state index contributed by atoms with van der Waals surface area (Å²) in [7, 11) is -3.54. The van der Waals surface area contributed by atoms with E-state index in [1.165, 1.54) is 27.8 Å². The number of para-hydroxylation sites is 1. The van der Waals surface area contributed by atoms with Crippen LogP contribution in [-0.4, -0.2) is 43.0 Å². The van der Waals surface area contributed by atoms with Crippen molar-refractivity contribution in [3.05, 3.63) is 72.2 Å². The maximum absolute atomic E-state index is 13.6. The van der Waals surface area contributed by atoms with E-state index in [1.807, 2.05) is 30.5 Å². The number of carbonyl (C=O) groups is 1. The minimum atomic E-state index is -3.54. The summed E-state index contributed by atoms with van der Waals surface area (Å²) >= 11 is 3.05. The van der Waals surface area contributed by atoms with Crippen LogP contribution in [0.4, 0.5) is 5.13 Å². The maximum Gasteiger partial charge on any atom is 0.260 e. The first-order valence-corrected chi connectivity index (χ1v) is 14.3. The Morgan fingerprint density at radius 1 is 1.12 bits per heavy atom. The zero-order chi connectivity index (χ0) is 23.7. The van der Waals surface area contributed by atoms with E-state index in [-0.39, 0.29) is 17.3 Å². The fourth-order valence-corrected chi connectivity index (χ4v) is 7.11. The van der Waals surface area contributed by atoms with Gasteiger partial charge in [0.05, 0.1) is 27.9 Å². The lowest BCUT2D eigenvalue weighted by Crippen LogP contribution is -2.30. The minimum absolute atomic E-state index is 0.202. The molecule has 7 nitrogen and oxygen atoms in total. The molecule has 34 heavy (non-hydrogen) atoms. The Morgan fingerprint density at radius 3 is 2.56 bits per heavy atom. The van der Waals surface area contributed by atoms with Gasteiger partial charge < -0.3 is 4.42 Å². The quantitative estimate of drug-likeness (QED) is 0.314. The molecule has 0 aliphatic carbocycles. The summed E-state index contributed by atoms with van der Waals surface area (Å²) in [6, 6.07) is 15.7. The van der Waals surface area contributed by atoms with Crippen molar-refractivity contribution in [3.8, 4) is 0 Å². The molecule has 1 aliphatic rings. The molecule has 0 unspecified atom stereocenters. The molecule has 1 amide bonds. The number of nitrogens with zero attached hydrogens (tertiary/aromatic N) is 3. The molecule has 2 aromatic carbocycles. The normalized spacial score (nSPS) is 14.6. The van der Waals surface area contributed by atoms with Crippen molar-refractivity contribution in [1.29, 1.82) is 0 Å². The molecule has 0 N–H and O–H groups in total. The van der Waals surface area contributed by atoms with Gasteiger partial charge in [0.1, 0.15) is 5.76 Å². The van der Waals surface area contributed by atoms with Gasteiger partial charge in [0.15, 0.2) is 5.13 Å². The topological polar surface area (TPSA) is 83.7 Å². The van der Waals surface area contributed by atoms with Gasteiger partial charge in [-0.2, -0.15) is 4.31 Å². The lowest BCUT2D eigenvalue weighted by atomic mass is 10.2. The molecule has 1 saturated heterocycles.